The fourth-order valence-electron chi connectivity index (χ4n) is 3.06. The van der Waals surface area contributed by atoms with Gasteiger partial charge in [-0.3, -0.25) is 9.38 Å². The summed E-state index contributed by atoms with van der Waals surface area (Å²) in [5.74, 6) is 0. The third-order valence-electron chi connectivity index (χ3n) is 4.10. The van der Waals surface area contributed by atoms with Gasteiger partial charge in [-0.25, -0.2) is 4.99 Å². The van der Waals surface area contributed by atoms with Crippen molar-refractivity contribution < 1.29 is 4.48 Å². The molecule has 2 heterocycles. The monoisotopic (exact) mass is 222 g/mol. The van der Waals surface area contributed by atoms with Crippen molar-refractivity contribution >= 4 is 5.71 Å². The molecule has 2 aliphatic heterocycles. The molecule has 1 spiro atoms. The molecule has 0 N–H and O–H groups in total. The van der Waals surface area contributed by atoms with E-state index in [1.807, 2.05) is 6.92 Å². The van der Waals surface area contributed by atoms with Gasteiger partial charge in [0.25, 0.3) is 6.17 Å². The lowest BCUT2D eigenvalue weighted by molar-refractivity contribution is -0.819. The molecule has 2 rings (SSSR count). The van der Waals surface area contributed by atoms with E-state index in [0.717, 1.165) is 11.3 Å². The summed E-state index contributed by atoms with van der Waals surface area (Å²) in [7, 11) is 4.35. The molecule has 0 aliphatic carbocycles. The molecule has 0 aromatic carbocycles. The number of allylic oxidation sites excluding steroid dienone is 1. The Hall–Kier alpha value is -0.670. The van der Waals surface area contributed by atoms with Crippen LogP contribution in [0, 0.1) is 0 Å². The van der Waals surface area contributed by atoms with E-state index in [9.17, 15) is 0 Å². The van der Waals surface area contributed by atoms with E-state index in [-0.39, 0.29) is 0 Å². The fourth-order valence-corrected chi connectivity index (χ4v) is 3.06. The van der Waals surface area contributed by atoms with Crippen molar-refractivity contribution in [3.05, 3.63) is 12.2 Å². The van der Waals surface area contributed by atoms with Crippen LogP contribution in [0.25, 0.3) is 0 Å². The van der Waals surface area contributed by atoms with Gasteiger partial charge < -0.3 is 0 Å². The van der Waals surface area contributed by atoms with Gasteiger partial charge in [-0.2, -0.15) is 0 Å². The number of quaternary nitrogens is 1. The van der Waals surface area contributed by atoms with Crippen molar-refractivity contribution in [1.82, 2.24) is 4.90 Å². The van der Waals surface area contributed by atoms with Crippen LogP contribution in [-0.2, 0) is 0 Å². The van der Waals surface area contributed by atoms with E-state index in [1.165, 1.54) is 30.4 Å². The third kappa shape index (κ3) is 1.72. The maximum Gasteiger partial charge on any atom is 0.251 e. The molecule has 2 unspecified atom stereocenters. The van der Waals surface area contributed by atoms with Gasteiger partial charge >= 0.3 is 0 Å². The second kappa shape index (κ2) is 3.97. The first-order chi connectivity index (χ1) is 7.49. The predicted molar refractivity (Wildman–Crippen MR) is 68.4 cm³/mol. The van der Waals surface area contributed by atoms with Crippen LogP contribution in [-0.4, -0.2) is 54.6 Å². The first-order valence-electron chi connectivity index (χ1n) is 6.22. The maximum absolute atomic E-state index is 4.87. The highest BCUT2D eigenvalue weighted by Crippen LogP contribution is 2.46. The average molecular weight is 222 g/mol. The lowest BCUT2D eigenvalue weighted by atomic mass is 10.2. The van der Waals surface area contributed by atoms with Crippen LogP contribution >= 0.6 is 0 Å². The van der Waals surface area contributed by atoms with Crippen LogP contribution in [0.5, 0.6) is 0 Å². The maximum atomic E-state index is 4.87. The second-order valence-corrected chi connectivity index (χ2v) is 5.54. The summed E-state index contributed by atoms with van der Waals surface area (Å²) in [5, 5.41) is 0. The summed E-state index contributed by atoms with van der Waals surface area (Å²) in [6.07, 6.45) is 3.80. The van der Waals surface area contributed by atoms with Gasteiger partial charge in [0.05, 0.1) is 13.1 Å². The normalized spacial score (nSPS) is 32.4. The Balaban J connectivity index is 2.16. The van der Waals surface area contributed by atoms with E-state index in [0.29, 0.717) is 12.3 Å². The first-order valence-corrected chi connectivity index (χ1v) is 6.22. The Morgan fingerprint density at radius 3 is 2.25 bits per heavy atom. The molecule has 0 radical (unpaired) electrons. The SMILES string of the molecule is C=C(C)C(C)=NC1C(N(C)C)[N+]12CCCC2. The molecule has 3 nitrogen and oxygen atoms in total. The number of hydrogen-bond donors (Lipinski definition) is 0. The van der Waals surface area contributed by atoms with Gasteiger partial charge in [0, 0.05) is 18.6 Å². The Morgan fingerprint density at radius 2 is 1.81 bits per heavy atom. The minimum atomic E-state index is 0.467. The molecule has 2 saturated heterocycles. The number of nitrogens with zero attached hydrogens (tertiary/aromatic N) is 3. The molecule has 3 heteroatoms. The van der Waals surface area contributed by atoms with Crippen LogP contribution in [0.1, 0.15) is 26.7 Å². The van der Waals surface area contributed by atoms with Crippen LogP contribution in [0.3, 0.4) is 0 Å². The Labute approximate surface area is 99.0 Å². The minimum absolute atomic E-state index is 0.467. The number of rotatable bonds is 3. The fraction of sp³-hybridized carbons (Fsp3) is 0.769. The van der Waals surface area contributed by atoms with E-state index < -0.39 is 0 Å². The highest BCUT2D eigenvalue weighted by atomic mass is 15.7. The van der Waals surface area contributed by atoms with Crippen molar-refractivity contribution in [2.24, 2.45) is 4.99 Å². The van der Waals surface area contributed by atoms with Crippen LogP contribution in [0.4, 0.5) is 0 Å². The van der Waals surface area contributed by atoms with E-state index in [2.05, 4.69) is 32.5 Å². The summed E-state index contributed by atoms with van der Waals surface area (Å²) >= 11 is 0. The van der Waals surface area contributed by atoms with Crippen LogP contribution in [0.2, 0.25) is 0 Å². The topological polar surface area (TPSA) is 15.6 Å². The highest BCUT2D eigenvalue weighted by Gasteiger charge is 2.68. The van der Waals surface area contributed by atoms with Gasteiger partial charge in [0.15, 0.2) is 0 Å². The second-order valence-electron chi connectivity index (χ2n) is 5.54. The van der Waals surface area contributed by atoms with Gasteiger partial charge in [0.2, 0.25) is 6.17 Å². The molecule has 2 aliphatic rings. The zero-order chi connectivity index (χ0) is 11.9. The smallest absolute Gasteiger partial charge is 0.251 e. The number of aliphatic imine (C=N–C) groups is 1. The number of hydrogen-bond acceptors (Lipinski definition) is 2. The summed E-state index contributed by atoms with van der Waals surface area (Å²) in [5.41, 5.74) is 2.22. The molecule has 16 heavy (non-hydrogen) atoms. The molecule has 90 valence electrons. The van der Waals surface area contributed by atoms with Crippen molar-refractivity contribution in [3.63, 3.8) is 0 Å². The molecule has 0 bridgehead atoms. The Bertz CT molecular complexity index is 324. The van der Waals surface area contributed by atoms with Crippen molar-refractivity contribution in [2.75, 3.05) is 27.2 Å². The van der Waals surface area contributed by atoms with Crippen LogP contribution in [0.15, 0.2) is 17.1 Å². The summed E-state index contributed by atoms with van der Waals surface area (Å²) in [4.78, 5) is 7.21. The average Bonchev–Trinajstić information content (AvgIpc) is 2.56. The van der Waals surface area contributed by atoms with Gasteiger partial charge in [-0.1, -0.05) is 6.58 Å². The quantitative estimate of drug-likeness (QED) is 0.404. The van der Waals surface area contributed by atoms with Gasteiger partial charge in [0.1, 0.15) is 0 Å². The molecular formula is C13H24N3+. The van der Waals surface area contributed by atoms with Crippen LogP contribution < -0.4 is 0 Å². The predicted octanol–water partition coefficient (Wildman–Crippen LogP) is 1.86. The Morgan fingerprint density at radius 1 is 1.25 bits per heavy atom. The van der Waals surface area contributed by atoms with Crippen molar-refractivity contribution in [3.8, 4) is 0 Å². The van der Waals surface area contributed by atoms with E-state index in [4.69, 9.17) is 4.99 Å². The zero-order valence-corrected chi connectivity index (χ0v) is 11.0. The van der Waals surface area contributed by atoms with E-state index >= 15 is 0 Å². The summed E-state index contributed by atoms with van der Waals surface area (Å²) < 4.78 is 1.21. The lowest BCUT2D eigenvalue weighted by Crippen LogP contribution is -2.32. The standard InChI is InChI=1S/C13H24N3/c1-10(2)11(3)14-12-13(15(4)5)16(12)8-6-7-9-16/h12-13H,1,6-9H2,2-5H3/q+1. The minimum Gasteiger partial charge on any atom is -0.274 e. The summed E-state index contributed by atoms with van der Waals surface area (Å²) in [6.45, 7) is 10.7. The molecular weight excluding hydrogens is 198 g/mol. The first kappa shape index (κ1) is 11.8. The summed E-state index contributed by atoms with van der Waals surface area (Å²) in [6, 6.07) is 0. The van der Waals surface area contributed by atoms with Crippen molar-refractivity contribution in [1.29, 1.82) is 0 Å². The molecule has 0 aromatic heterocycles. The van der Waals surface area contributed by atoms with Gasteiger partial charge in [-0.05, 0) is 33.5 Å². The zero-order valence-electron chi connectivity index (χ0n) is 11.0. The van der Waals surface area contributed by atoms with Gasteiger partial charge in [-0.15, -0.1) is 0 Å². The molecule has 0 saturated carbocycles. The highest BCUT2D eigenvalue weighted by molar-refractivity contribution is 5.97. The van der Waals surface area contributed by atoms with E-state index in [1.54, 1.807) is 0 Å². The Kier molecular flexibility index (Phi) is 2.93. The van der Waals surface area contributed by atoms with Crippen molar-refractivity contribution in [2.45, 2.75) is 39.0 Å². The molecule has 0 aromatic rings. The lowest BCUT2D eigenvalue weighted by Gasteiger charge is -2.14. The molecule has 2 atom stereocenters. The molecule has 2 fully saturated rings. The largest absolute Gasteiger partial charge is 0.274 e. The molecule has 0 amide bonds. The number of likely N-dealkylation sites (N-methyl/N-ethyl adjacent to an activating group) is 1. The third-order valence-corrected chi connectivity index (χ3v) is 4.10.